The van der Waals surface area contributed by atoms with E-state index >= 15 is 0 Å². The zero-order chi connectivity index (χ0) is 20.3. The number of carbonyl (C=O) groups excluding carboxylic acids is 2. The molecule has 1 unspecified atom stereocenters. The Kier molecular flexibility index (Phi) is 5.89. The van der Waals surface area contributed by atoms with E-state index in [1.807, 2.05) is 18.2 Å². The summed E-state index contributed by atoms with van der Waals surface area (Å²) in [7, 11) is 1.44. The molecule has 0 aromatic heterocycles. The molecule has 0 bridgehead atoms. The second-order valence-corrected chi connectivity index (χ2v) is 6.72. The van der Waals surface area contributed by atoms with E-state index in [2.05, 4.69) is 26.6 Å². The Bertz CT molecular complexity index is 943. The van der Waals surface area contributed by atoms with Gasteiger partial charge in [0, 0.05) is 0 Å². The highest BCUT2D eigenvalue weighted by Crippen LogP contribution is 2.42. The van der Waals surface area contributed by atoms with Crippen molar-refractivity contribution in [3.8, 4) is 11.5 Å². The Balaban J connectivity index is 2.22. The number of halogens is 1. The highest BCUT2D eigenvalue weighted by atomic mass is 79.9. The third-order valence-corrected chi connectivity index (χ3v) is 5.10. The highest BCUT2D eigenvalue weighted by Gasteiger charge is 2.36. The lowest BCUT2D eigenvalue weighted by atomic mass is 9.92. The molecule has 1 heterocycles. The number of phenols is 1. The molecule has 0 fully saturated rings. The largest absolute Gasteiger partial charge is 0.503 e. The van der Waals surface area contributed by atoms with E-state index in [-0.39, 0.29) is 23.7 Å². The SMILES string of the molecule is CCOC(=O)C1=C(c2ccccc2)NC(=O)NC1c1ccc(OC)c(O)c1Br. The molecule has 2 amide bonds. The van der Waals surface area contributed by atoms with E-state index in [1.54, 1.807) is 31.2 Å². The number of benzene rings is 2. The molecule has 8 heteroatoms. The van der Waals surface area contributed by atoms with Crippen LogP contribution in [-0.4, -0.2) is 30.8 Å². The third-order valence-electron chi connectivity index (χ3n) is 4.27. The van der Waals surface area contributed by atoms with Crippen LogP contribution in [0.1, 0.15) is 24.1 Å². The van der Waals surface area contributed by atoms with Gasteiger partial charge in [-0.05, 0) is 40.0 Å². The first-order valence-corrected chi connectivity index (χ1v) is 9.36. The van der Waals surface area contributed by atoms with Crippen LogP contribution in [0.4, 0.5) is 4.79 Å². The van der Waals surface area contributed by atoms with Gasteiger partial charge >= 0.3 is 12.0 Å². The number of aromatic hydroxyl groups is 1. The number of methoxy groups -OCH3 is 1. The van der Waals surface area contributed by atoms with Crippen molar-refractivity contribution in [2.24, 2.45) is 0 Å². The lowest BCUT2D eigenvalue weighted by molar-refractivity contribution is -0.138. The van der Waals surface area contributed by atoms with Gasteiger partial charge in [0.15, 0.2) is 11.5 Å². The van der Waals surface area contributed by atoms with Crippen LogP contribution < -0.4 is 15.4 Å². The molecule has 0 aliphatic carbocycles. The van der Waals surface area contributed by atoms with Gasteiger partial charge in [-0.25, -0.2) is 9.59 Å². The predicted octanol–water partition coefficient (Wildman–Crippen LogP) is 3.49. The summed E-state index contributed by atoms with van der Waals surface area (Å²) in [5.74, 6) is -0.431. The van der Waals surface area contributed by atoms with E-state index in [4.69, 9.17) is 9.47 Å². The van der Waals surface area contributed by atoms with Gasteiger partial charge in [-0.15, -0.1) is 0 Å². The number of hydrogen-bond donors (Lipinski definition) is 3. The fraction of sp³-hybridized carbons (Fsp3) is 0.200. The number of nitrogens with one attached hydrogen (secondary N) is 2. The Morgan fingerprint density at radius 3 is 2.57 bits per heavy atom. The molecule has 28 heavy (non-hydrogen) atoms. The van der Waals surface area contributed by atoms with Gasteiger partial charge in [-0.1, -0.05) is 36.4 Å². The van der Waals surface area contributed by atoms with Gasteiger partial charge in [0.1, 0.15) is 0 Å². The summed E-state index contributed by atoms with van der Waals surface area (Å²) >= 11 is 3.34. The van der Waals surface area contributed by atoms with Crippen molar-refractivity contribution in [2.45, 2.75) is 13.0 Å². The number of amides is 2. The predicted molar refractivity (Wildman–Crippen MR) is 107 cm³/mol. The molecule has 0 saturated heterocycles. The van der Waals surface area contributed by atoms with Gasteiger partial charge in [-0.3, -0.25) is 0 Å². The molecule has 1 atom stereocenters. The van der Waals surface area contributed by atoms with E-state index in [0.717, 1.165) is 0 Å². The summed E-state index contributed by atoms with van der Waals surface area (Å²) in [5, 5.41) is 15.8. The third kappa shape index (κ3) is 3.68. The molecule has 3 rings (SSSR count). The fourth-order valence-corrected chi connectivity index (χ4v) is 3.57. The van der Waals surface area contributed by atoms with Gasteiger partial charge in [-0.2, -0.15) is 0 Å². The average Bonchev–Trinajstić information content (AvgIpc) is 2.70. The van der Waals surface area contributed by atoms with Crippen LogP contribution >= 0.6 is 15.9 Å². The highest BCUT2D eigenvalue weighted by molar-refractivity contribution is 9.10. The van der Waals surface area contributed by atoms with Crippen LogP contribution in [0, 0.1) is 0 Å². The number of urea groups is 1. The van der Waals surface area contributed by atoms with Gasteiger partial charge in [0.25, 0.3) is 0 Å². The average molecular weight is 447 g/mol. The summed E-state index contributed by atoms with van der Waals surface area (Å²) < 4.78 is 10.7. The van der Waals surface area contributed by atoms with Crippen LogP contribution in [0.25, 0.3) is 5.70 Å². The minimum absolute atomic E-state index is 0.128. The molecule has 0 radical (unpaired) electrons. The second-order valence-electron chi connectivity index (χ2n) is 5.93. The van der Waals surface area contributed by atoms with Crippen LogP contribution in [0.5, 0.6) is 11.5 Å². The number of ether oxygens (including phenoxy) is 2. The Morgan fingerprint density at radius 1 is 1.21 bits per heavy atom. The number of phenolic OH excluding ortho intramolecular Hbond substituents is 1. The maximum atomic E-state index is 12.8. The second kappa shape index (κ2) is 8.35. The van der Waals surface area contributed by atoms with Crippen molar-refractivity contribution in [2.75, 3.05) is 13.7 Å². The summed E-state index contributed by atoms with van der Waals surface area (Å²) in [6.07, 6.45) is 0. The Labute approximate surface area is 170 Å². The smallest absolute Gasteiger partial charge is 0.338 e. The number of esters is 1. The Morgan fingerprint density at radius 2 is 1.93 bits per heavy atom. The standard InChI is InChI=1S/C20H19BrN2O5/c1-3-28-19(25)14-16(11-7-5-4-6-8-11)22-20(26)23-17(14)12-9-10-13(27-2)18(24)15(12)21/h4-10,17,24H,3H2,1-2H3,(H2,22,23,26). The molecule has 7 nitrogen and oxygen atoms in total. The molecule has 2 aromatic rings. The molecule has 0 spiro atoms. The number of carbonyl (C=O) groups is 2. The van der Waals surface area contributed by atoms with E-state index in [0.29, 0.717) is 21.3 Å². The first-order chi connectivity index (χ1) is 13.5. The fourth-order valence-electron chi connectivity index (χ4n) is 3.01. The maximum Gasteiger partial charge on any atom is 0.338 e. The normalized spacial score (nSPS) is 16.2. The summed E-state index contributed by atoms with van der Waals surface area (Å²) in [5.41, 5.74) is 1.75. The van der Waals surface area contributed by atoms with Crippen molar-refractivity contribution < 1.29 is 24.2 Å². The molecule has 146 valence electrons. The molecular formula is C20H19BrN2O5. The van der Waals surface area contributed by atoms with Gasteiger partial charge < -0.3 is 25.2 Å². The monoisotopic (exact) mass is 446 g/mol. The van der Waals surface area contributed by atoms with Crippen molar-refractivity contribution in [1.29, 1.82) is 0 Å². The zero-order valence-electron chi connectivity index (χ0n) is 15.3. The topological polar surface area (TPSA) is 96.9 Å². The van der Waals surface area contributed by atoms with Gasteiger partial charge in [0.05, 0.1) is 35.5 Å². The molecule has 1 aliphatic heterocycles. The molecule has 3 N–H and O–H groups in total. The zero-order valence-corrected chi connectivity index (χ0v) is 16.9. The minimum Gasteiger partial charge on any atom is -0.503 e. The van der Waals surface area contributed by atoms with E-state index < -0.39 is 18.0 Å². The van der Waals surface area contributed by atoms with Crippen molar-refractivity contribution >= 4 is 33.6 Å². The maximum absolute atomic E-state index is 12.8. The number of rotatable bonds is 5. The molecule has 1 aliphatic rings. The van der Waals surface area contributed by atoms with Crippen LogP contribution in [0.2, 0.25) is 0 Å². The van der Waals surface area contributed by atoms with E-state index in [9.17, 15) is 14.7 Å². The van der Waals surface area contributed by atoms with Crippen LogP contribution in [0.3, 0.4) is 0 Å². The first kappa shape index (κ1) is 19.8. The summed E-state index contributed by atoms with van der Waals surface area (Å²) in [6.45, 7) is 1.89. The van der Waals surface area contributed by atoms with Crippen molar-refractivity contribution in [3.63, 3.8) is 0 Å². The number of hydrogen-bond acceptors (Lipinski definition) is 5. The molecule has 2 aromatic carbocycles. The first-order valence-electron chi connectivity index (χ1n) is 8.57. The van der Waals surface area contributed by atoms with Crippen LogP contribution in [0.15, 0.2) is 52.5 Å². The molecule has 0 saturated carbocycles. The lowest BCUT2D eigenvalue weighted by Gasteiger charge is -2.30. The summed E-state index contributed by atoms with van der Waals surface area (Å²) in [6, 6.07) is 11.0. The van der Waals surface area contributed by atoms with Gasteiger partial charge in [0.2, 0.25) is 0 Å². The Hall–Kier alpha value is -3.00. The van der Waals surface area contributed by atoms with Crippen molar-refractivity contribution in [1.82, 2.24) is 10.6 Å². The van der Waals surface area contributed by atoms with E-state index in [1.165, 1.54) is 7.11 Å². The van der Waals surface area contributed by atoms with Crippen molar-refractivity contribution in [3.05, 3.63) is 63.6 Å². The minimum atomic E-state index is -0.839. The lowest BCUT2D eigenvalue weighted by Crippen LogP contribution is -2.45. The summed E-state index contributed by atoms with van der Waals surface area (Å²) in [4.78, 5) is 25.2. The van der Waals surface area contributed by atoms with Crippen LogP contribution in [-0.2, 0) is 9.53 Å². The quantitative estimate of drug-likeness (QED) is 0.610. The molecular weight excluding hydrogens is 428 g/mol.